The van der Waals surface area contributed by atoms with E-state index in [1.807, 2.05) is 6.07 Å². The Kier molecular flexibility index (Phi) is 5.73. The summed E-state index contributed by atoms with van der Waals surface area (Å²) in [6.45, 7) is 5.16. The molecule has 2 atom stereocenters. The van der Waals surface area contributed by atoms with Crippen molar-refractivity contribution in [1.29, 1.82) is 0 Å². The van der Waals surface area contributed by atoms with Gasteiger partial charge in [0.05, 0.1) is 5.76 Å². The van der Waals surface area contributed by atoms with Crippen LogP contribution in [0.1, 0.15) is 28.9 Å². The molecule has 2 rings (SSSR count). The number of hydrogen-bond acceptors (Lipinski definition) is 3. The zero-order chi connectivity index (χ0) is 17.5. The molecule has 124 valence electrons. The highest BCUT2D eigenvalue weighted by Gasteiger charge is 2.33. The number of hydrogen-bond donors (Lipinski definition) is 2. The summed E-state index contributed by atoms with van der Waals surface area (Å²) in [5.74, 6) is -1.29. The smallest absolute Gasteiger partial charge is 0.347 e. The van der Waals surface area contributed by atoms with E-state index in [4.69, 9.17) is 4.74 Å². The molecule has 2 aromatic carbocycles. The van der Waals surface area contributed by atoms with Gasteiger partial charge in [-0.15, -0.1) is 0 Å². The van der Waals surface area contributed by atoms with E-state index in [0.29, 0.717) is 11.1 Å². The standard InChI is InChI=1S/C19H19NO4/c1-13(2)24-17(19(22)23)16(14-9-5-3-6-10-14)20-18(21)15-11-7-4-8-12-15/h3-12,16-17H,1H2,2H3,(H,20,21)(H,22,23). The molecule has 0 saturated heterocycles. The normalized spacial score (nSPS) is 12.7. The number of carbonyl (C=O) groups is 2. The van der Waals surface area contributed by atoms with Crippen molar-refractivity contribution in [2.45, 2.75) is 19.1 Å². The fourth-order valence-corrected chi connectivity index (χ4v) is 2.29. The second kappa shape index (κ2) is 7.97. The molecule has 0 aliphatic heterocycles. The number of benzene rings is 2. The van der Waals surface area contributed by atoms with Crippen LogP contribution in [0.4, 0.5) is 0 Å². The minimum Gasteiger partial charge on any atom is -0.481 e. The maximum absolute atomic E-state index is 12.5. The Morgan fingerprint density at radius 3 is 2.08 bits per heavy atom. The fourth-order valence-electron chi connectivity index (χ4n) is 2.29. The lowest BCUT2D eigenvalue weighted by Gasteiger charge is -2.26. The van der Waals surface area contributed by atoms with Gasteiger partial charge in [-0.1, -0.05) is 55.1 Å². The Balaban J connectivity index is 2.34. The SMILES string of the molecule is C=C(C)OC(C(=O)O)C(NC(=O)c1ccccc1)c1ccccc1. The third kappa shape index (κ3) is 4.46. The molecule has 0 saturated carbocycles. The maximum Gasteiger partial charge on any atom is 0.347 e. The van der Waals surface area contributed by atoms with Crippen LogP contribution >= 0.6 is 0 Å². The van der Waals surface area contributed by atoms with Crippen LogP contribution in [-0.4, -0.2) is 23.1 Å². The Labute approximate surface area is 140 Å². The minimum absolute atomic E-state index is 0.261. The molecular weight excluding hydrogens is 306 g/mol. The summed E-state index contributed by atoms with van der Waals surface area (Å²) in [6.07, 6.45) is -1.28. The van der Waals surface area contributed by atoms with Crippen molar-refractivity contribution >= 4 is 11.9 Å². The van der Waals surface area contributed by atoms with Gasteiger partial charge in [-0.2, -0.15) is 0 Å². The highest BCUT2D eigenvalue weighted by molar-refractivity contribution is 5.94. The van der Waals surface area contributed by atoms with E-state index in [1.54, 1.807) is 61.5 Å². The highest BCUT2D eigenvalue weighted by Crippen LogP contribution is 2.22. The molecule has 24 heavy (non-hydrogen) atoms. The average molecular weight is 325 g/mol. The summed E-state index contributed by atoms with van der Waals surface area (Å²) in [4.78, 5) is 24.1. The molecule has 0 bridgehead atoms. The van der Waals surface area contributed by atoms with Crippen LogP contribution in [0.5, 0.6) is 0 Å². The Hall–Kier alpha value is -3.08. The van der Waals surface area contributed by atoms with Crippen molar-refractivity contribution < 1.29 is 19.4 Å². The number of carbonyl (C=O) groups excluding carboxylic acids is 1. The third-order valence-corrected chi connectivity index (χ3v) is 3.36. The van der Waals surface area contributed by atoms with Gasteiger partial charge in [0.15, 0.2) is 0 Å². The van der Waals surface area contributed by atoms with Gasteiger partial charge in [0.1, 0.15) is 6.04 Å². The third-order valence-electron chi connectivity index (χ3n) is 3.36. The van der Waals surface area contributed by atoms with Crippen LogP contribution in [0.2, 0.25) is 0 Å². The number of allylic oxidation sites excluding steroid dienone is 1. The van der Waals surface area contributed by atoms with Gasteiger partial charge in [0, 0.05) is 5.56 Å². The second-order valence-electron chi connectivity index (χ2n) is 5.31. The minimum atomic E-state index is -1.28. The van der Waals surface area contributed by atoms with Crippen LogP contribution in [0.15, 0.2) is 73.0 Å². The topological polar surface area (TPSA) is 75.6 Å². The molecule has 0 aliphatic carbocycles. The van der Waals surface area contributed by atoms with Gasteiger partial charge in [0.25, 0.3) is 5.91 Å². The summed E-state index contributed by atoms with van der Waals surface area (Å²) < 4.78 is 5.36. The van der Waals surface area contributed by atoms with Crippen molar-refractivity contribution in [2.75, 3.05) is 0 Å². The zero-order valence-electron chi connectivity index (χ0n) is 13.3. The summed E-state index contributed by atoms with van der Waals surface area (Å²) >= 11 is 0. The Morgan fingerprint density at radius 1 is 1.04 bits per heavy atom. The van der Waals surface area contributed by atoms with Crippen LogP contribution in [0.3, 0.4) is 0 Å². The molecule has 1 amide bonds. The van der Waals surface area contributed by atoms with Crippen LogP contribution < -0.4 is 5.32 Å². The number of amides is 1. The molecule has 5 heteroatoms. The first-order chi connectivity index (χ1) is 11.5. The Morgan fingerprint density at radius 2 is 1.58 bits per heavy atom. The highest BCUT2D eigenvalue weighted by atomic mass is 16.5. The molecule has 2 N–H and O–H groups in total. The van der Waals surface area contributed by atoms with Gasteiger partial charge in [-0.05, 0) is 24.6 Å². The number of aliphatic carboxylic acids is 1. The van der Waals surface area contributed by atoms with E-state index in [9.17, 15) is 14.7 Å². The van der Waals surface area contributed by atoms with Gasteiger partial charge >= 0.3 is 5.97 Å². The molecular formula is C19H19NO4. The van der Waals surface area contributed by atoms with E-state index in [0.717, 1.165) is 0 Å². The average Bonchev–Trinajstić information content (AvgIpc) is 2.59. The van der Waals surface area contributed by atoms with E-state index < -0.39 is 18.1 Å². The molecule has 5 nitrogen and oxygen atoms in total. The van der Waals surface area contributed by atoms with Gasteiger partial charge < -0.3 is 15.2 Å². The summed E-state index contributed by atoms with van der Waals surface area (Å²) in [6, 6.07) is 16.6. The summed E-state index contributed by atoms with van der Waals surface area (Å²) in [7, 11) is 0. The van der Waals surface area contributed by atoms with Gasteiger partial charge in [-0.25, -0.2) is 4.79 Å². The van der Waals surface area contributed by atoms with Crippen molar-refractivity contribution in [3.8, 4) is 0 Å². The van der Waals surface area contributed by atoms with Crippen LogP contribution in [-0.2, 0) is 9.53 Å². The van der Waals surface area contributed by atoms with Crippen molar-refractivity contribution in [3.63, 3.8) is 0 Å². The predicted molar refractivity (Wildman–Crippen MR) is 90.4 cm³/mol. The lowest BCUT2D eigenvalue weighted by atomic mass is 10.0. The van der Waals surface area contributed by atoms with Crippen molar-refractivity contribution in [2.24, 2.45) is 0 Å². The number of nitrogens with one attached hydrogen (secondary N) is 1. The first kappa shape index (κ1) is 17.3. The number of carboxylic acids is 1. The molecule has 0 aliphatic rings. The molecule has 0 fully saturated rings. The first-order valence-electron chi connectivity index (χ1n) is 7.45. The van der Waals surface area contributed by atoms with E-state index in [-0.39, 0.29) is 11.7 Å². The van der Waals surface area contributed by atoms with Crippen LogP contribution in [0, 0.1) is 0 Å². The molecule has 0 heterocycles. The number of carboxylic acid groups (broad SMARTS) is 1. The lowest BCUT2D eigenvalue weighted by molar-refractivity contribution is -0.149. The van der Waals surface area contributed by atoms with Crippen molar-refractivity contribution in [3.05, 3.63) is 84.1 Å². The Bertz CT molecular complexity index is 713. The molecule has 0 radical (unpaired) electrons. The largest absolute Gasteiger partial charge is 0.481 e. The van der Waals surface area contributed by atoms with E-state index in [2.05, 4.69) is 11.9 Å². The molecule has 0 spiro atoms. The lowest BCUT2D eigenvalue weighted by Crippen LogP contribution is -2.41. The maximum atomic E-state index is 12.5. The monoisotopic (exact) mass is 325 g/mol. The van der Waals surface area contributed by atoms with E-state index >= 15 is 0 Å². The number of rotatable bonds is 7. The van der Waals surface area contributed by atoms with Gasteiger partial charge in [0.2, 0.25) is 6.10 Å². The molecule has 0 aromatic heterocycles. The molecule has 2 aromatic rings. The molecule has 2 unspecified atom stereocenters. The van der Waals surface area contributed by atoms with Gasteiger partial charge in [-0.3, -0.25) is 4.79 Å². The van der Waals surface area contributed by atoms with E-state index in [1.165, 1.54) is 0 Å². The van der Waals surface area contributed by atoms with Crippen LogP contribution in [0.25, 0.3) is 0 Å². The van der Waals surface area contributed by atoms with Crippen molar-refractivity contribution in [1.82, 2.24) is 5.32 Å². The second-order valence-corrected chi connectivity index (χ2v) is 5.31. The summed E-state index contributed by atoms with van der Waals surface area (Å²) in [5, 5.41) is 12.3. The quantitative estimate of drug-likeness (QED) is 0.767. The zero-order valence-corrected chi connectivity index (χ0v) is 13.3. The number of ether oxygens (including phenoxy) is 1. The first-order valence-corrected chi connectivity index (χ1v) is 7.45. The predicted octanol–water partition coefficient (Wildman–Crippen LogP) is 3.16. The fraction of sp³-hybridized carbons (Fsp3) is 0.158. The summed E-state index contributed by atoms with van der Waals surface area (Å²) in [5.41, 5.74) is 1.08.